The third-order valence-corrected chi connectivity index (χ3v) is 5.44. The highest BCUT2D eigenvalue weighted by Crippen LogP contribution is 2.32. The van der Waals surface area contributed by atoms with Crippen LogP contribution in [0.5, 0.6) is 0 Å². The highest BCUT2D eigenvalue weighted by Gasteiger charge is 2.38. The number of nitrogens with zero attached hydrogens (tertiary/aromatic N) is 2. The number of carbonyl (C=O) groups is 1. The van der Waals surface area contributed by atoms with Crippen molar-refractivity contribution in [3.63, 3.8) is 0 Å². The van der Waals surface area contributed by atoms with E-state index in [0.717, 1.165) is 39.9 Å². The minimum atomic E-state index is -0.0889. The molecule has 1 N–H and O–H groups in total. The SMILES string of the molecule is O=C(NC1CC2CCN1C2)c1cc2sc(Cl)cc2cn1. The van der Waals surface area contributed by atoms with Gasteiger partial charge in [-0.25, -0.2) is 0 Å². The molecule has 0 saturated carbocycles. The Bertz CT molecular complexity index is 686. The van der Waals surface area contributed by atoms with Gasteiger partial charge in [-0.15, -0.1) is 11.3 Å². The molecule has 0 aromatic carbocycles. The molecule has 2 saturated heterocycles. The van der Waals surface area contributed by atoms with E-state index in [-0.39, 0.29) is 12.1 Å². The molecule has 0 radical (unpaired) electrons. The van der Waals surface area contributed by atoms with Gasteiger partial charge in [-0.2, -0.15) is 0 Å². The van der Waals surface area contributed by atoms with Crippen molar-refractivity contribution >= 4 is 38.9 Å². The van der Waals surface area contributed by atoms with Crippen LogP contribution >= 0.6 is 22.9 Å². The molecule has 4 heterocycles. The van der Waals surface area contributed by atoms with Gasteiger partial charge in [0, 0.05) is 29.4 Å². The number of halogens is 1. The molecule has 3 atom stereocenters. The number of aromatic nitrogens is 1. The lowest BCUT2D eigenvalue weighted by atomic mass is 10.0. The van der Waals surface area contributed by atoms with E-state index < -0.39 is 0 Å². The summed E-state index contributed by atoms with van der Waals surface area (Å²) in [6.07, 6.45) is 4.24. The van der Waals surface area contributed by atoms with Crippen LogP contribution in [0, 0.1) is 5.92 Å². The largest absolute Gasteiger partial charge is 0.335 e. The van der Waals surface area contributed by atoms with Crippen molar-refractivity contribution in [1.82, 2.24) is 15.2 Å². The molecule has 2 fully saturated rings. The molecule has 104 valence electrons. The molecule has 2 bridgehead atoms. The zero-order valence-corrected chi connectivity index (χ0v) is 12.4. The molecule has 0 aliphatic carbocycles. The Morgan fingerprint density at radius 1 is 1.50 bits per heavy atom. The van der Waals surface area contributed by atoms with Gasteiger partial charge in [0.1, 0.15) is 5.69 Å². The van der Waals surface area contributed by atoms with Crippen molar-refractivity contribution in [2.75, 3.05) is 13.1 Å². The summed E-state index contributed by atoms with van der Waals surface area (Å²) in [5.41, 5.74) is 0.472. The second kappa shape index (κ2) is 4.69. The maximum atomic E-state index is 12.3. The highest BCUT2D eigenvalue weighted by molar-refractivity contribution is 7.22. The second-order valence-electron chi connectivity index (χ2n) is 5.53. The van der Waals surface area contributed by atoms with Gasteiger partial charge in [-0.05, 0) is 30.9 Å². The van der Waals surface area contributed by atoms with Crippen molar-refractivity contribution in [3.05, 3.63) is 28.4 Å². The third kappa shape index (κ3) is 2.10. The van der Waals surface area contributed by atoms with Crippen LogP contribution in [0.25, 0.3) is 10.1 Å². The molecule has 6 heteroatoms. The lowest BCUT2D eigenvalue weighted by Gasteiger charge is -2.25. The summed E-state index contributed by atoms with van der Waals surface area (Å²) in [5.74, 6) is 0.667. The van der Waals surface area contributed by atoms with Crippen molar-refractivity contribution in [2.45, 2.75) is 19.0 Å². The Morgan fingerprint density at radius 3 is 3.15 bits per heavy atom. The highest BCUT2D eigenvalue weighted by atomic mass is 35.5. The summed E-state index contributed by atoms with van der Waals surface area (Å²) in [4.78, 5) is 18.9. The topological polar surface area (TPSA) is 45.2 Å². The summed E-state index contributed by atoms with van der Waals surface area (Å²) in [5, 5.41) is 4.08. The number of carbonyl (C=O) groups excluding carboxylic acids is 1. The fraction of sp³-hybridized carbons (Fsp3) is 0.429. The lowest BCUT2D eigenvalue weighted by Crippen LogP contribution is -2.45. The van der Waals surface area contributed by atoms with Crippen molar-refractivity contribution < 1.29 is 4.79 Å². The Kier molecular flexibility index (Phi) is 2.94. The minimum Gasteiger partial charge on any atom is -0.335 e. The molecule has 4 nitrogen and oxygen atoms in total. The quantitative estimate of drug-likeness (QED) is 0.928. The maximum absolute atomic E-state index is 12.3. The Labute approximate surface area is 125 Å². The van der Waals surface area contributed by atoms with Crippen LogP contribution in [0.1, 0.15) is 23.3 Å². The first kappa shape index (κ1) is 12.6. The first-order chi connectivity index (χ1) is 9.69. The summed E-state index contributed by atoms with van der Waals surface area (Å²) in [6.45, 7) is 2.22. The van der Waals surface area contributed by atoms with E-state index in [2.05, 4.69) is 15.2 Å². The molecule has 1 amide bonds. The summed E-state index contributed by atoms with van der Waals surface area (Å²) in [7, 11) is 0. The van der Waals surface area contributed by atoms with Gasteiger partial charge in [-0.3, -0.25) is 14.7 Å². The molecular weight excluding hydrogens is 294 g/mol. The zero-order chi connectivity index (χ0) is 13.7. The molecule has 0 spiro atoms. The standard InChI is InChI=1S/C14H14ClN3OS/c15-12-4-9-6-16-10(5-11(9)20-12)14(19)17-13-3-8-1-2-18(13)7-8/h4-6,8,13H,1-3,7H2,(H,17,19). The third-order valence-electron chi connectivity index (χ3n) is 4.22. The van der Waals surface area contributed by atoms with Crippen LogP contribution in [0.2, 0.25) is 4.34 Å². The number of hydrogen-bond donors (Lipinski definition) is 1. The van der Waals surface area contributed by atoms with Gasteiger partial charge in [0.2, 0.25) is 0 Å². The van der Waals surface area contributed by atoms with Crippen molar-refractivity contribution in [1.29, 1.82) is 0 Å². The fourth-order valence-corrected chi connectivity index (χ4v) is 4.37. The van der Waals surface area contributed by atoms with E-state index in [9.17, 15) is 4.79 Å². The van der Waals surface area contributed by atoms with Crippen molar-refractivity contribution in [2.24, 2.45) is 5.92 Å². The van der Waals surface area contributed by atoms with Crippen LogP contribution in [0.3, 0.4) is 0 Å². The molecule has 2 aromatic rings. The normalized spacial score (nSPS) is 28.1. The zero-order valence-electron chi connectivity index (χ0n) is 10.8. The minimum absolute atomic E-state index is 0.0889. The smallest absolute Gasteiger partial charge is 0.271 e. The Morgan fingerprint density at radius 2 is 2.40 bits per heavy atom. The van der Waals surface area contributed by atoms with E-state index in [4.69, 9.17) is 11.6 Å². The van der Waals surface area contributed by atoms with E-state index in [1.807, 2.05) is 12.1 Å². The van der Waals surface area contributed by atoms with Crippen molar-refractivity contribution in [3.8, 4) is 0 Å². The maximum Gasteiger partial charge on any atom is 0.271 e. The van der Waals surface area contributed by atoms with E-state index in [1.165, 1.54) is 17.8 Å². The molecule has 4 rings (SSSR count). The van der Waals surface area contributed by atoms with Crippen LogP contribution in [-0.4, -0.2) is 35.0 Å². The van der Waals surface area contributed by atoms with Crippen LogP contribution in [0.15, 0.2) is 18.3 Å². The molecule has 20 heavy (non-hydrogen) atoms. The fourth-order valence-electron chi connectivity index (χ4n) is 3.20. The van der Waals surface area contributed by atoms with E-state index in [0.29, 0.717) is 5.69 Å². The Hall–Kier alpha value is -1.17. The monoisotopic (exact) mass is 307 g/mol. The second-order valence-corrected chi connectivity index (χ2v) is 7.25. The van der Waals surface area contributed by atoms with Gasteiger partial charge in [0.05, 0.1) is 10.5 Å². The first-order valence-corrected chi connectivity index (χ1v) is 7.98. The lowest BCUT2D eigenvalue weighted by molar-refractivity contribution is 0.0878. The van der Waals surface area contributed by atoms with Gasteiger partial charge in [-0.1, -0.05) is 11.6 Å². The van der Waals surface area contributed by atoms with E-state index >= 15 is 0 Å². The number of thiophene rings is 1. The number of pyridine rings is 1. The number of piperidine rings is 1. The molecule has 3 unspecified atom stereocenters. The predicted molar refractivity (Wildman–Crippen MR) is 80.2 cm³/mol. The van der Waals surface area contributed by atoms with Crippen LogP contribution in [0.4, 0.5) is 0 Å². The average molecular weight is 308 g/mol. The number of rotatable bonds is 2. The molecule has 2 aromatic heterocycles. The number of fused-ring (bicyclic) bond motifs is 3. The van der Waals surface area contributed by atoms with Crippen LogP contribution in [-0.2, 0) is 0 Å². The molecular formula is C14H14ClN3OS. The summed E-state index contributed by atoms with van der Waals surface area (Å²) < 4.78 is 1.72. The van der Waals surface area contributed by atoms with Gasteiger partial charge < -0.3 is 5.32 Å². The van der Waals surface area contributed by atoms with Gasteiger partial charge in [0.15, 0.2) is 0 Å². The Balaban J connectivity index is 1.54. The first-order valence-electron chi connectivity index (χ1n) is 6.79. The average Bonchev–Trinajstić information content (AvgIpc) is 3.10. The van der Waals surface area contributed by atoms with E-state index in [1.54, 1.807) is 6.20 Å². The van der Waals surface area contributed by atoms with Crippen LogP contribution < -0.4 is 5.32 Å². The molecule has 2 aliphatic rings. The number of amides is 1. The summed E-state index contributed by atoms with van der Waals surface area (Å²) in [6, 6.07) is 3.70. The van der Waals surface area contributed by atoms with Gasteiger partial charge in [0.25, 0.3) is 5.91 Å². The number of nitrogens with one attached hydrogen (secondary N) is 1. The molecule has 2 aliphatic heterocycles. The number of hydrogen-bond acceptors (Lipinski definition) is 4. The summed E-state index contributed by atoms with van der Waals surface area (Å²) >= 11 is 7.45. The van der Waals surface area contributed by atoms with Gasteiger partial charge >= 0.3 is 0 Å². The predicted octanol–water partition coefficient (Wildman–Crippen LogP) is 2.73.